The Morgan fingerprint density at radius 1 is 0.812 bits per heavy atom. The number of fused-ring (bicyclic) bond motifs is 1. The summed E-state index contributed by atoms with van der Waals surface area (Å²) < 4.78 is 3.25. The molecule has 78 valence electrons. The zero-order valence-electron chi connectivity index (χ0n) is 8.60. The summed E-state index contributed by atoms with van der Waals surface area (Å²) in [6.45, 7) is 0. The van der Waals surface area contributed by atoms with Gasteiger partial charge in [-0.15, -0.1) is 0 Å². The highest BCUT2D eigenvalue weighted by Crippen LogP contribution is 2.26. The monoisotopic (exact) mass is 271 g/mol. The molecule has 0 radical (unpaired) electrons. The highest BCUT2D eigenvalue weighted by atomic mass is 79.9. The van der Waals surface area contributed by atoms with Gasteiger partial charge < -0.3 is 4.40 Å². The number of hydrogen-bond donors (Lipinski definition) is 0. The van der Waals surface area contributed by atoms with Gasteiger partial charge >= 0.3 is 0 Å². The third-order valence-corrected chi connectivity index (χ3v) is 3.25. The lowest BCUT2D eigenvalue weighted by Gasteiger charge is -2.00. The maximum Gasteiger partial charge on any atom is 0.0528 e. The van der Waals surface area contributed by atoms with Gasteiger partial charge in [-0.3, -0.25) is 0 Å². The third kappa shape index (κ3) is 1.55. The Morgan fingerprint density at radius 3 is 2.44 bits per heavy atom. The topological polar surface area (TPSA) is 4.41 Å². The standard InChI is InChI=1S/C14H10BrN/c15-12-6-4-11(5-7-12)13-8-10-16-9-2-1-3-14(13)16/h1-10H. The van der Waals surface area contributed by atoms with Crippen LogP contribution >= 0.6 is 15.9 Å². The van der Waals surface area contributed by atoms with Gasteiger partial charge in [0.1, 0.15) is 0 Å². The van der Waals surface area contributed by atoms with Crippen LogP contribution in [0, 0.1) is 0 Å². The Labute approximate surface area is 102 Å². The van der Waals surface area contributed by atoms with Gasteiger partial charge in [-0.2, -0.15) is 0 Å². The summed E-state index contributed by atoms with van der Waals surface area (Å²) in [6.07, 6.45) is 4.16. The molecule has 0 atom stereocenters. The van der Waals surface area contributed by atoms with Crippen LogP contribution in [0.1, 0.15) is 0 Å². The molecule has 0 saturated heterocycles. The van der Waals surface area contributed by atoms with Crippen molar-refractivity contribution in [2.24, 2.45) is 0 Å². The molecule has 0 saturated carbocycles. The molecule has 0 fully saturated rings. The highest BCUT2D eigenvalue weighted by molar-refractivity contribution is 9.10. The van der Waals surface area contributed by atoms with Crippen LogP contribution < -0.4 is 0 Å². The Balaban J connectivity index is 2.22. The average Bonchev–Trinajstić information content (AvgIpc) is 2.74. The van der Waals surface area contributed by atoms with Gasteiger partial charge in [-0.05, 0) is 35.9 Å². The average molecular weight is 272 g/mol. The maximum absolute atomic E-state index is 3.45. The lowest BCUT2D eigenvalue weighted by molar-refractivity contribution is 1.20. The molecule has 0 aliphatic carbocycles. The number of rotatable bonds is 1. The molecule has 0 aliphatic rings. The first kappa shape index (κ1) is 9.67. The smallest absolute Gasteiger partial charge is 0.0528 e. The van der Waals surface area contributed by atoms with E-state index in [0.29, 0.717) is 0 Å². The quantitative estimate of drug-likeness (QED) is 0.619. The molecule has 2 heterocycles. The Bertz CT molecular complexity index is 623. The minimum Gasteiger partial charge on any atom is -0.323 e. The first-order chi connectivity index (χ1) is 7.84. The Morgan fingerprint density at radius 2 is 1.62 bits per heavy atom. The Kier molecular flexibility index (Phi) is 2.29. The van der Waals surface area contributed by atoms with Crippen molar-refractivity contribution in [1.29, 1.82) is 0 Å². The van der Waals surface area contributed by atoms with Gasteiger partial charge in [0.15, 0.2) is 0 Å². The number of nitrogens with zero attached hydrogens (tertiary/aromatic N) is 1. The number of benzene rings is 1. The van der Waals surface area contributed by atoms with E-state index in [0.717, 1.165) is 4.47 Å². The van der Waals surface area contributed by atoms with E-state index in [2.05, 4.69) is 75.2 Å². The Hall–Kier alpha value is -1.54. The first-order valence-electron chi connectivity index (χ1n) is 5.16. The maximum atomic E-state index is 3.45. The number of pyridine rings is 1. The first-order valence-corrected chi connectivity index (χ1v) is 5.95. The molecular weight excluding hydrogens is 262 g/mol. The molecule has 1 aromatic carbocycles. The second-order valence-corrected chi connectivity index (χ2v) is 4.65. The second-order valence-electron chi connectivity index (χ2n) is 3.73. The van der Waals surface area contributed by atoms with Crippen molar-refractivity contribution in [1.82, 2.24) is 4.40 Å². The van der Waals surface area contributed by atoms with E-state index in [4.69, 9.17) is 0 Å². The van der Waals surface area contributed by atoms with Crippen LogP contribution in [0.4, 0.5) is 0 Å². The van der Waals surface area contributed by atoms with Crippen molar-refractivity contribution in [2.45, 2.75) is 0 Å². The van der Waals surface area contributed by atoms with Crippen molar-refractivity contribution in [3.63, 3.8) is 0 Å². The van der Waals surface area contributed by atoms with E-state index in [1.165, 1.54) is 16.6 Å². The molecule has 0 spiro atoms. The molecule has 0 bridgehead atoms. The van der Waals surface area contributed by atoms with Gasteiger partial charge in [0.2, 0.25) is 0 Å². The van der Waals surface area contributed by atoms with Crippen LogP contribution in [-0.2, 0) is 0 Å². The molecule has 0 amide bonds. The highest BCUT2D eigenvalue weighted by Gasteiger charge is 2.03. The van der Waals surface area contributed by atoms with Crippen LogP contribution in [-0.4, -0.2) is 4.40 Å². The predicted molar refractivity (Wildman–Crippen MR) is 70.5 cm³/mol. The normalized spacial score (nSPS) is 10.8. The summed E-state index contributed by atoms with van der Waals surface area (Å²) in [5.74, 6) is 0. The fraction of sp³-hybridized carbons (Fsp3) is 0. The van der Waals surface area contributed by atoms with E-state index >= 15 is 0 Å². The third-order valence-electron chi connectivity index (χ3n) is 2.72. The number of halogens is 1. The molecule has 0 N–H and O–H groups in total. The minimum absolute atomic E-state index is 1.11. The summed E-state index contributed by atoms with van der Waals surface area (Å²) >= 11 is 3.45. The predicted octanol–water partition coefficient (Wildman–Crippen LogP) is 4.37. The molecule has 2 aromatic heterocycles. The van der Waals surface area contributed by atoms with Gasteiger partial charge in [0.05, 0.1) is 5.52 Å². The molecule has 3 rings (SSSR count). The lowest BCUT2D eigenvalue weighted by atomic mass is 10.1. The van der Waals surface area contributed by atoms with Crippen molar-refractivity contribution in [3.05, 3.63) is 65.4 Å². The van der Waals surface area contributed by atoms with Crippen LogP contribution in [0.25, 0.3) is 16.6 Å². The molecule has 1 nitrogen and oxygen atoms in total. The minimum atomic E-state index is 1.11. The fourth-order valence-corrected chi connectivity index (χ4v) is 2.19. The summed E-state index contributed by atoms with van der Waals surface area (Å²) in [5, 5.41) is 0. The summed E-state index contributed by atoms with van der Waals surface area (Å²) in [5.41, 5.74) is 3.76. The largest absolute Gasteiger partial charge is 0.323 e. The van der Waals surface area contributed by atoms with E-state index in [-0.39, 0.29) is 0 Å². The van der Waals surface area contributed by atoms with Gasteiger partial charge in [0, 0.05) is 22.4 Å². The summed E-state index contributed by atoms with van der Waals surface area (Å²) in [7, 11) is 0. The van der Waals surface area contributed by atoms with E-state index in [1.54, 1.807) is 0 Å². The molecule has 0 unspecified atom stereocenters. The van der Waals surface area contributed by atoms with E-state index < -0.39 is 0 Å². The molecule has 3 aromatic rings. The number of aromatic nitrogens is 1. The van der Waals surface area contributed by atoms with Crippen molar-refractivity contribution < 1.29 is 0 Å². The summed E-state index contributed by atoms with van der Waals surface area (Å²) in [6, 6.07) is 16.8. The van der Waals surface area contributed by atoms with Gasteiger partial charge in [-0.25, -0.2) is 0 Å². The number of hydrogen-bond acceptors (Lipinski definition) is 0. The van der Waals surface area contributed by atoms with E-state index in [1.807, 2.05) is 6.07 Å². The second kappa shape index (κ2) is 3.80. The van der Waals surface area contributed by atoms with E-state index in [9.17, 15) is 0 Å². The van der Waals surface area contributed by atoms with Crippen LogP contribution in [0.15, 0.2) is 65.4 Å². The molecular formula is C14H10BrN. The van der Waals surface area contributed by atoms with Crippen molar-refractivity contribution in [3.8, 4) is 11.1 Å². The zero-order chi connectivity index (χ0) is 11.0. The SMILES string of the molecule is Brc1ccc(-c2ccn3ccccc23)cc1. The van der Waals surface area contributed by atoms with Crippen molar-refractivity contribution in [2.75, 3.05) is 0 Å². The molecule has 16 heavy (non-hydrogen) atoms. The zero-order valence-corrected chi connectivity index (χ0v) is 10.2. The lowest BCUT2D eigenvalue weighted by Crippen LogP contribution is -1.80. The molecule has 0 aliphatic heterocycles. The van der Waals surface area contributed by atoms with Crippen LogP contribution in [0.5, 0.6) is 0 Å². The van der Waals surface area contributed by atoms with Gasteiger partial charge in [-0.1, -0.05) is 34.1 Å². The van der Waals surface area contributed by atoms with Crippen molar-refractivity contribution >= 4 is 21.4 Å². The van der Waals surface area contributed by atoms with Crippen LogP contribution in [0.2, 0.25) is 0 Å². The van der Waals surface area contributed by atoms with Crippen LogP contribution in [0.3, 0.4) is 0 Å². The molecule has 2 heteroatoms. The fourth-order valence-electron chi connectivity index (χ4n) is 1.93. The summed E-state index contributed by atoms with van der Waals surface area (Å²) in [4.78, 5) is 0. The van der Waals surface area contributed by atoms with Gasteiger partial charge in [0.25, 0.3) is 0 Å².